The van der Waals surface area contributed by atoms with Crippen molar-refractivity contribution in [1.82, 2.24) is 9.88 Å². The van der Waals surface area contributed by atoms with Gasteiger partial charge in [-0.1, -0.05) is 18.2 Å². The summed E-state index contributed by atoms with van der Waals surface area (Å²) in [6.07, 6.45) is 3.48. The zero-order valence-electron chi connectivity index (χ0n) is 15.1. The maximum absolute atomic E-state index is 12.6. The Morgan fingerprint density at radius 2 is 2.15 bits per heavy atom. The second-order valence-corrected chi connectivity index (χ2v) is 7.12. The number of aromatic nitrogens is 1. The molecule has 2 saturated heterocycles. The normalized spacial score (nSPS) is 24.8. The van der Waals surface area contributed by atoms with Gasteiger partial charge in [0.1, 0.15) is 6.04 Å². The van der Waals surface area contributed by atoms with Gasteiger partial charge in [-0.2, -0.15) is 0 Å². The van der Waals surface area contributed by atoms with Gasteiger partial charge in [0.15, 0.2) is 6.23 Å². The Morgan fingerprint density at radius 1 is 1.33 bits per heavy atom. The number of methoxy groups -OCH3 is 1. The van der Waals surface area contributed by atoms with E-state index < -0.39 is 12.3 Å². The summed E-state index contributed by atoms with van der Waals surface area (Å²) in [4.78, 5) is 41.4. The van der Waals surface area contributed by atoms with Crippen LogP contribution in [0.5, 0.6) is 0 Å². The molecule has 0 saturated carbocycles. The minimum Gasteiger partial charge on any atom is -0.469 e. The lowest BCUT2D eigenvalue weighted by Gasteiger charge is -2.36. The number of piperidine rings is 1. The van der Waals surface area contributed by atoms with Gasteiger partial charge >= 0.3 is 11.9 Å². The van der Waals surface area contributed by atoms with Crippen molar-refractivity contribution in [2.75, 3.05) is 7.11 Å². The van der Waals surface area contributed by atoms with Crippen molar-refractivity contribution in [1.29, 1.82) is 0 Å². The third kappa shape index (κ3) is 3.18. The highest BCUT2D eigenvalue weighted by Crippen LogP contribution is 2.36. The lowest BCUT2D eigenvalue weighted by atomic mass is 9.90. The molecule has 7 heteroatoms. The van der Waals surface area contributed by atoms with Crippen molar-refractivity contribution < 1.29 is 23.9 Å². The average molecular weight is 370 g/mol. The number of carbonyl (C=O) groups is 3. The first kappa shape index (κ1) is 17.6. The smallest absolute Gasteiger partial charge is 0.331 e. The summed E-state index contributed by atoms with van der Waals surface area (Å²) in [6, 6.07) is 7.24. The molecular weight excluding hydrogens is 348 g/mol. The van der Waals surface area contributed by atoms with Gasteiger partial charge < -0.3 is 14.5 Å². The van der Waals surface area contributed by atoms with Gasteiger partial charge in [0, 0.05) is 42.3 Å². The Labute approximate surface area is 156 Å². The molecular formula is C20H22N2O5. The number of esters is 2. The van der Waals surface area contributed by atoms with Crippen molar-refractivity contribution in [2.24, 2.45) is 5.92 Å². The molecule has 0 radical (unpaired) electrons. The van der Waals surface area contributed by atoms with Gasteiger partial charge in [-0.05, 0) is 24.5 Å². The standard InChI is InChI=1S/C20H22N2O5/c1-26-18(24)9-7-12-6-8-17(23)22-16(20(25)27-19(12)22)10-13-11-21-15-5-3-2-4-14(13)15/h2-5,11-12,16,19,21H,6-10H2,1H3/t12-,16-,19-/m0/s1. The third-order valence-electron chi connectivity index (χ3n) is 5.57. The van der Waals surface area contributed by atoms with E-state index >= 15 is 0 Å². The third-order valence-corrected chi connectivity index (χ3v) is 5.57. The molecule has 0 aliphatic carbocycles. The molecule has 2 fully saturated rings. The number of fused-ring (bicyclic) bond motifs is 2. The summed E-state index contributed by atoms with van der Waals surface area (Å²) in [5, 5.41) is 1.04. The van der Waals surface area contributed by atoms with E-state index in [4.69, 9.17) is 9.47 Å². The summed E-state index contributed by atoms with van der Waals surface area (Å²) >= 11 is 0. The molecule has 1 amide bonds. The molecule has 1 aromatic carbocycles. The van der Waals surface area contributed by atoms with Crippen molar-refractivity contribution in [3.8, 4) is 0 Å². The molecule has 2 aliphatic heterocycles. The highest BCUT2D eigenvalue weighted by Gasteiger charge is 2.50. The summed E-state index contributed by atoms with van der Waals surface area (Å²) in [7, 11) is 1.35. The number of nitrogens with one attached hydrogen (secondary N) is 1. The molecule has 7 nitrogen and oxygen atoms in total. The number of ether oxygens (including phenoxy) is 2. The fourth-order valence-corrected chi connectivity index (χ4v) is 4.15. The lowest BCUT2D eigenvalue weighted by molar-refractivity contribution is -0.152. The van der Waals surface area contributed by atoms with Crippen LogP contribution in [0, 0.1) is 5.92 Å². The quantitative estimate of drug-likeness (QED) is 0.815. The predicted molar refractivity (Wildman–Crippen MR) is 96.5 cm³/mol. The van der Waals surface area contributed by atoms with Gasteiger partial charge in [-0.25, -0.2) is 4.79 Å². The molecule has 0 unspecified atom stereocenters. The minimum atomic E-state index is -0.623. The Morgan fingerprint density at radius 3 is 2.96 bits per heavy atom. The maximum Gasteiger partial charge on any atom is 0.331 e. The van der Waals surface area contributed by atoms with E-state index in [2.05, 4.69) is 4.98 Å². The van der Waals surface area contributed by atoms with Gasteiger partial charge in [-0.15, -0.1) is 0 Å². The van der Waals surface area contributed by atoms with Crippen LogP contribution in [0.1, 0.15) is 31.2 Å². The van der Waals surface area contributed by atoms with E-state index in [1.165, 1.54) is 7.11 Å². The molecule has 0 spiro atoms. The molecule has 142 valence electrons. The number of rotatable bonds is 5. The molecule has 1 aromatic heterocycles. The Balaban J connectivity index is 1.54. The number of amides is 1. The van der Waals surface area contributed by atoms with Gasteiger partial charge in [0.25, 0.3) is 0 Å². The molecule has 0 bridgehead atoms. The summed E-state index contributed by atoms with van der Waals surface area (Å²) in [5.41, 5.74) is 1.98. The number of para-hydroxylation sites is 1. The molecule has 2 aliphatic rings. The van der Waals surface area contributed by atoms with Crippen LogP contribution < -0.4 is 0 Å². The van der Waals surface area contributed by atoms with E-state index in [1.807, 2.05) is 30.5 Å². The Bertz CT molecular complexity index is 889. The van der Waals surface area contributed by atoms with Crippen LogP contribution in [-0.4, -0.2) is 47.1 Å². The first-order valence-electron chi connectivity index (χ1n) is 9.22. The topological polar surface area (TPSA) is 88.7 Å². The first-order valence-corrected chi connectivity index (χ1v) is 9.22. The molecule has 1 N–H and O–H groups in total. The monoisotopic (exact) mass is 370 g/mol. The maximum atomic E-state index is 12.6. The Hall–Kier alpha value is -2.83. The molecule has 3 atom stereocenters. The van der Waals surface area contributed by atoms with Crippen molar-refractivity contribution in [3.05, 3.63) is 36.0 Å². The SMILES string of the molecule is COC(=O)CC[C@@H]1CCC(=O)N2[C@@H](Cc3c[nH]c4ccccc34)C(=O)O[C@@H]12. The van der Waals surface area contributed by atoms with E-state index in [1.54, 1.807) is 4.90 Å². The molecule has 3 heterocycles. The highest BCUT2D eigenvalue weighted by atomic mass is 16.6. The second kappa shape index (κ2) is 7.06. The van der Waals surface area contributed by atoms with Gasteiger partial charge in [0.2, 0.25) is 5.91 Å². The van der Waals surface area contributed by atoms with Crippen molar-refractivity contribution >= 4 is 28.7 Å². The van der Waals surface area contributed by atoms with E-state index in [0.29, 0.717) is 25.7 Å². The van der Waals surface area contributed by atoms with Crippen molar-refractivity contribution in [2.45, 2.75) is 44.4 Å². The zero-order valence-corrected chi connectivity index (χ0v) is 15.1. The number of H-pyrrole nitrogens is 1. The second-order valence-electron chi connectivity index (χ2n) is 7.12. The summed E-state index contributed by atoms with van der Waals surface area (Å²) < 4.78 is 10.3. The molecule has 27 heavy (non-hydrogen) atoms. The van der Waals surface area contributed by atoms with Crippen molar-refractivity contribution in [3.63, 3.8) is 0 Å². The molecule has 4 rings (SSSR count). The summed E-state index contributed by atoms with van der Waals surface area (Å²) in [6.45, 7) is 0. The van der Waals surface area contributed by atoms with Gasteiger partial charge in [-0.3, -0.25) is 14.5 Å². The van der Waals surface area contributed by atoms with Crippen LogP contribution in [0.2, 0.25) is 0 Å². The Kier molecular flexibility index (Phi) is 4.59. The fraction of sp³-hybridized carbons (Fsp3) is 0.450. The average Bonchev–Trinajstić information content (AvgIpc) is 3.23. The van der Waals surface area contributed by atoms with Crippen LogP contribution >= 0.6 is 0 Å². The van der Waals surface area contributed by atoms with Crippen LogP contribution in [-0.2, 0) is 30.3 Å². The number of aromatic amines is 1. The van der Waals surface area contributed by atoms with E-state index in [0.717, 1.165) is 16.5 Å². The molecule has 2 aromatic rings. The van der Waals surface area contributed by atoms with Gasteiger partial charge in [0.05, 0.1) is 7.11 Å². The predicted octanol–water partition coefficient (Wildman–Crippen LogP) is 2.15. The highest BCUT2D eigenvalue weighted by molar-refractivity contribution is 5.90. The van der Waals surface area contributed by atoms with Crippen LogP contribution in [0.4, 0.5) is 0 Å². The number of hydrogen-bond donors (Lipinski definition) is 1. The van der Waals surface area contributed by atoms with Crippen LogP contribution in [0.3, 0.4) is 0 Å². The number of carbonyl (C=O) groups excluding carboxylic acids is 3. The van der Waals surface area contributed by atoms with E-state index in [9.17, 15) is 14.4 Å². The van der Waals surface area contributed by atoms with Crippen LogP contribution in [0.15, 0.2) is 30.5 Å². The minimum absolute atomic E-state index is 0.0429. The number of hydrogen-bond acceptors (Lipinski definition) is 5. The number of benzene rings is 1. The lowest BCUT2D eigenvalue weighted by Crippen LogP contribution is -2.49. The van der Waals surface area contributed by atoms with Crippen LogP contribution in [0.25, 0.3) is 10.9 Å². The zero-order chi connectivity index (χ0) is 19.0. The number of nitrogens with zero attached hydrogens (tertiary/aromatic N) is 1. The fourth-order valence-electron chi connectivity index (χ4n) is 4.15. The first-order chi connectivity index (χ1) is 13.1. The van der Waals surface area contributed by atoms with E-state index in [-0.39, 0.29) is 30.2 Å². The summed E-state index contributed by atoms with van der Waals surface area (Å²) in [5.74, 6) is -0.773. The largest absolute Gasteiger partial charge is 0.469 e.